The first kappa shape index (κ1) is 20.9. The molecule has 6 heteroatoms. The molecule has 0 aromatic heterocycles. The van der Waals surface area contributed by atoms with Gasteiger partial charge in [0.1, 0.15) is 0 Å². The van der Waals surface area contributed by atoms with Gasteiger partial charge in [-0.25, -0.2) is 0 Å². The molecule has 0 fully saturated rings. The Morgan fingerprint density at radius 1 is 0.889 bits per heavy atom. The van der Waals surface area contributed by atoms with E-state index in [1.165, 1.54) is 32.1 Å². The van der Waals surface area contributed by atoms with Gasteiger partial charge in [-0.2, -0.15) is 8.42 Å². The van der Waals surface area contributed by atoms with Gasteiger partial charge in [0.25, 0.3) is 5.12 Å². The minimum absolute atomic E-state index is 0. The van der Waals surface area contributed by atoms with Gasteiger partial charge in [-0.3, -0.25) is 9.35 Å². The molecule has 0 rings (SSSR count). The van der Waals surface area contributed by atoms with Gasteiger partial charge in [0, 0.05) is 36.0 Å². The molecule has 1 radical (unpaired) electrons. The van der Waals surface area contributed by atoms with Gasteiger partial charge in [-0.15, -0.1) is 0 Å². The summed E-state index contributed by atoms with van der Waals surface area (Å²) in [6.07, 6.45) is 9.83. The standard InChI is InChI=1S/C12H24O4S.Na/c1-2-3-4-5-6-7-8-9-10-11-12(13)17(14,15)16;/h2-11H2,1H3,(H,14,15,16);. The van der Waals surface area contributed by atoms with Crippen LogP contribution >= 0.6 is 0 Å². The van der Waals surface area contributed by atoms with Crippen molar-refractivity contribution in [3.8, 4) is 0 Å². The van der Waals surface area contributed by atoms with Crippen LogP contribution in [0.1, 0.15) is 71.1 Å². The number of hydrogen-bond donors (Lipinski definition) is 1. The van der Waals surface area contributed by atoms with Crippen molar-refractivity contribution in [2.45, 2.75) is 71.1 Å². The van der Waals surface area contributed by atoms with Gasteiger partial charge in [-0.1, -0.05) is 58.3 Å². The van der Waals surface area contributed by atoms with Gasteiger partial charge < -0.3 is 0 Å². The molecule has 4 nitrogen and oxygen atoms in total. The molecule has 18 heavy (non-hydrogen) atoms. The number of unbranched alkanes of at least 4 members (excludes halogenated alkanes) is 8. The van der Waals surface area contributed by atoms with Crippen molar-refractivity contribution >= 4 is 44.8 Å². The molecule has 0 aromatic rings. The summed E-state index contributed by atoms with van der Waals surface area (Å²) < 4.78 is 29.2. The molecule has 0 bridgehead atoms. The summed E-state index contributed by atoms with van der Waals surface area (Å²) in [5.41, 5.74) is 0. The molecule has 1 N–H and O–H groups in total. The van der Waals surface area contributed by atoms with Crippen LogP contribution in [0.4, 0.5) is 0 Å². The van der Waals surface area contributed by atoms with Crippen molar-refractivity contribution in [2.24, 2.45) is 0 Å². The number of carbonyl (C=O) groups excluding carboxylic acids is 1. The second kappa shape index (κ2) is 12.6. The van der Waals surface area contributed by atoms with E-state index >= 15 is 0 Å². The van der Waals surface area contributed by atoms with Crippen molar-refractivity contribution in [1.29, 1.82) is 0 Å². The van der Waals surface area contributed by atoms with E-state index in [-0.39, 0.29) is 36.0 Å². The van der Waals surface area contributed by atoms with Crippen molar-refractivity contribution in [1.82, 2.24) is 0 Å². The Kier molecular flexibility index (Phi) is 14.6. The summed E-state index contributed by atoms with van der Waals surface area (Å²) in [6.45, 7) is 2.19. The van der Waals surface area contributed by atoms with E-state index in [2.05, 4.69) is 6.92 Å². The third-order valence-corrected chi connectivity index (χ3v) is 3.55. The predicted molar refractivity (Wildman–Crippen MR) is 74.2 cm³/mol. The van der Waals surface area contributed by atoms with Crippen LogP contribution in [0.15, 0.2) is 0 Å². The van der Waals surface area contributed by atoms with Gasteiger partial charge >= 0.3 is 10.1 Å². The van der Waals surface area contributed by atoms with Crippen LogP contribution in [-0.2, 0) is 14.9 Å². The molecule has 0 unspecified atom stereocenters. The fourth-order valence-corrected chi connectivity index (χ4v) is 2.11. The Labute approximate surface area is 133 Å². The first-order valence-corrected chi connectivity index (χ1v) is 7.92. The largest absolute Gasteiger partial charge is 0.328 e. The molecule has 0 aliphatic carbocycles. The van der Waals surface area contributed by atoms with E-state index in [0.29, 0.717) is 6.42 Å². The van der Waals surface area contributed by atoms with Crippen molar-refractivity contribution < 1.29 is 17.8 Å². The summed E-state index contributed by atoms with van der Waals surface area (Å²) in [5, 5.41) is -1.06. The smallest absolute Gasteiger partial charge is 0.280 e. The van der Waals surface area contributed by atoms with E-state index < -0.39 is 15.2 Å². The van der Waals surface area contributed by atoms with Crippen LogP contribution in [0.3, 0.4) is 0 Å². The van der Waals surface area contributed by atoms with Gasteiger partial charge in [0.05, 0.1) is 0 Å². The molecule has 0 saturated heterocycles. The zero-order chi connectivity index (χ0) is 13.1. The number of carbonyl (C=O) groups is 1. The molecular weight excluding hydrogens is 263 g/mol. The van der Waals surface area contributed by atoms with Gasteiger partial charge in [0.15, 0.2) is 0 Å². The predicted octanol–water partition coefficient (Wildman–Crippen LogP) is 2.94. The summed E-state index contributed by atoms with van der Waals surface area (Å²) in [7, 11) is -4.45. The first-order valence-electron chi connectivity index (χ1n) is 6.48. The summed E-state index contributed by atoms with van der Waals surface area (Å²) in [4.78, 5) is 10.8. The zero-order valence-electron chi connectivity index (χ0n) is 11.7. The fraction of sp³-hybridized carbons (Fsp3) is 0.917. The molecular formula is C12H24NaO4S. The molecule has 0 heterocycles. The maximum Gasteiger partial charge on any atom is 0.328 e. The van der Waals surface area contributed by atoms with Gasteiger partial charge in [0.2, 0.25) is 0 Å². The van der Waals surface area contributed by atoms with Crippen LogP contribution < -0.4 is 0 Å². The summed E-state index contributed by atoms with van der Waals surface area (Å²) in [6, 6.07) is 0. The van der Waals surface area contributed by atoms with Crippen LogP contribution in [0.25, 0.3) is 0 Å². The maximum absolute atomic E-state index is 10.8. The molecule has 0 aliphatic heterocycles. The molecule has 0 saturated carbocycles. The Bertz CT molecular complexity index is 301. The molecule has 0 aromatic carbocycles. The molecule has 0 atom stereocenters. The molecule has 0 spiro atoms. The van der Waals surface area contributed by atoms with E-state index in [4.69, 9.17) is 4.55 Å². The van der Waals surface area contributed by atoms with Crippen molar-refractivity contribution in [3.63, 3.8) is 0 Å². The minimum Gasteiger partial charge on any atom is -0.280 e. The Hall–Kier alpha value is 0.580. The van der Waals surface area contributed by atoms with Crippen LogP contribution in [0.2, 0.25) is 0 Å². The average Bonchev–Trinajstić information content (AvgIpc) is 2.25. The fourth-order valence-electron chi connectivity index (χ4n) is 1.71. The molecule has 0 aliphatic rings. The van der Waals surface area contributed by atoms with Crippen LogP contribution in [-0.4, -0.2) is 47.6 Å². The van der Waals surface area contributed by atoms with E-state index in [9.17, 15) is 13.2 Å². The maximum atomic E-state index is 10.8. The summed E-state index contributed by atoms with van der Waals surface area (Å²) >= 11 is 0. The quantitative estimate of drug-likeness (QED) is 0.381. The normalized spacial score (nSPS) is 11.0. The monoisotopic (exact) mass is 287 g/mol. The SMILES string of the molecule is CCCCCCCCCCCC(=O)S(=O)(=O)O.[Na]. The van der Waals surface area contributed by atoms with Crippen molar-refractivity contribution in [2.75, 3.05) is 0 Å². The van der Waals surface area contributed by atoms with E-state index in [1.807, 2.05) is 0 Å². The Balaban J connectivity index is 0. The second-order valence-electron chi connectivity index (χ2n) is 4.43. The third-order valence-electron chi connectivity index (χ3n) is 2.77. The zero-order valence-corrected chi connectivity index (χ0v) is 14.5. The van der Waals surface area contributed by atoms with Crippen LogP contribution in [0.5, 0.6) is 0 Å². The second-order valence-corrected chi connectivity index (χ2v) is 5.83. The summed E-state index contributed by atoms with van der Waals surface area (Å²) in [5.74, 6) is 0. The van der Waals surface area contributed by atoms with E-state index in [1.54, 1.807) is 0 Å². The number of rotatable bonds is 10. The molecule has 0 amide bonds. The minimum atomic E-state index is -4.45. The van der Waals surface area contributed by atoms with E-state index in [0.717, 1.165) is 19.3 Å². The van der Waals surface area contributed by atoms with Crippen LogP contribution in [0, 0.1) is 0 Å². The van der Waals surface area contributed by atoms with Gasteiger partial charge in [-0.05, 0) is 6.42 Å². The number of hydrogen-bond acceptors (Lipinski definition) is 3. The Morgan fingerprint density at radius 2 is 1.28 bits per heavy atom. The first-order chi connectivity index (χ1) is 7.98. The topological polar surface area (TPSA) is 71.4 Å². The molecule has 103 valence electrons. The Morgan fingerprint density at radius 3 is 1.67 bits per heavy atom. The van der Waals surface area contributed by atoms with Crippen molar-refractivity contribution in [3.05, 3.63) is 0 Å². The average molecular weight is 287 g/mol. The third kappa shape index (κ3) is 13.0.